The van der Waals surface area contributed by atoms with Gasteiger partial charge < -0.3 is 19.9 Å². The van der Waals surface area contributed by atoms with Crippen molar-refractivity contribution in [2.24, 2.45) is 4.99 Å². The zero-order chi connectivity index (χ0) is 21.5. The maximum Gasteiger partial charge on any atom is 0.239 e. The topological polar surface area (TPSA) is 60.4 Å². The number of amides is 1. The monoisotopic (exact) mass is 415 g/mol. The smallest absolute Gasteiger partial charge is 0.239 e. The second kappa shape index (κ2) is 10.7. The van der Waals surface area contributed by atoms with Crippen LogP contribution in [0.3, 0.4) is 0 Å². The van der Waals surface area contributed by atoms with Crippen molar-refractivity contribution >= 4 is 11.9 Å². The molecular formula is C23H37N5O2. The second-order valence-corrected chi connectivity index (χ2v) is 8.26. The third-order valence-corrected chi connectivity index (χ3v) is 6.32. The molecule has 0 aromatic heterocycles. The summed E-state index contributed by atoms with van der Waals surface area (Å²) in [6, 6.07) is 6.33. The van der Waals surface area contributed by atoms with Crippen LogP contribution in [0.4, 0.5) is 0 Å². The lowest BCUT2D eigenvalue weighted by molar-refractivity contribution is -0.135. The number of nitrogens with zero attached hydrogens (tertiary/aromatic N) is 4. The number of hydrogen-bond donors (Lipinski definition) is 1. The number of methoxy groups -OCH3 is 1. The molecule has 30 heavy (non-hydrogen) atoms. The summed E-state index contributed by atoms with van der Waals surface area (Å²) in [6.45, 7) is 10.3. The largest absolute Gasteiger partial charge is 0.496 e. The number of nitrogens with one attached hydrogen (secondary N) is 1. The third kappa shape index (κ3) is 5.45. The first-order chi connectivity index (χ1) is 14.5. The van der Waals surface area contributed by atoms with E-state index >= 15 is 0 Å². The molecule has 2 fully saturated rings. The summed E-state index contributed by atoms with van der Waals surface area (Å²) in [4.78, 5) is 23.8. The van der Waals surface area contributed by atoms with Gasteiger partial charge in [-0.1, -0.05) is 12.1 Å². The van der Waals surface area contributed by atoms with E-state index in [1.807, 2.05) is 11.9 Å². The first kappa shape index (κ1) is 22.4. The Hall–Kier alpha value is -2.28. The Morgan fingerprint density at radius 1 is 1.13 bits per heavy atom. The van der Waals surface area contributed by atoms with Gasteiger partial charge in [0.15, 0.2) is 5.96 Å². The summed E-state index contributed by atoms with van der Waals surface area (Å²) < 4.78 is 5.42. The highest BCUT2D eigenvalue weighted by Gasteiger charge is 2.30. The molecule has 1 amide bonds. The van der Waals surface area contributed by atoms with Crippen LogP contribution in [0.5, 0.6) is 5.75 Å². The summed E-state index contributed by atoms with van der Waals surface area (Å²) in [5.41, 5.74) is 2.40. The van der Waals surface area contributed by atoms with E-state index in [9.17, 15) is 4.79 Å². The van der Waals surface area contributed by atoms with Crippen LogP contribution in [0, 0.1) is 6.92 Å². The SMILES string of the molecule is CN=C(NCCc1ccc(C)c(OC)c1)N1CCN(C(C)C(=O)N2CCCC2)CC1. The number of carbonyl (C=O) groups is 1. The molecule has 166 valence electrons. The second-order valence-electron chi connectivity index (χ2n) is 8.26. The number of benzene rings is 1. The Balaban J connectivity index is 1.45. The van der Waals surface area contributed by atoms with E-state index in [-0.39, 0.29) is 11.9 Å². The number of piperazine rings is 1. The Morgan fingerprint density at radius 2 is 1.83 bits per heavy atom. The fourth-order valence-electron chi connectivity index (χ4n) is 4.35. The van der Waals surface area contributed by atoms with Gasteiger partial charge in [0.25, 0.3) is 0 Å². The summed E-state index contributed by atoms with van der Waals surface area (Å²) >= 11 is 0. The summed E-state index contributed by atoms with van der Waals surface area (Å²) in [7, 11) is 3.55. The molecule has 2 aliphatic heterocycles. The minimum absolute atomic E-state index is 0.0308. The van der Waals surface area contributed by atoms with Gasteiger partial charge in [-0.15, -0.1) is 0 Å². The van der Waals surface area contributed by atoms with Crippen molar-refractivity contribution in [1.29, 1.82) is 0 Å². The van der Waals surface area contributed by atoms with Gasteiger partial charge in [0.2, 0.25) is 5.91 Å². The lowest BCUT2D eigenvalue weighted by Gasteiger charge is -2.39. The zero-order valence-electron chi connectivity index (χ0n) is 19.0. The first-order valence-electron chi connectivity index (χ1n) is 11.2. The molecule has 3 rings (SSSR count). The van der Waals surface area contributed by atoms with Crippen LogP contribution >= 0.6 is 0 Å². The molecule has 1 aromatic carbocycles. The number of aliphatic imine (C=N–C) groups is 1. The van der Waals surface area contributed by atoms with Crippen LogP contribution in [-0.4, -0.2) is 92.6 Å². The van der Waals surface area contributed by atoms with Crippen molar-refractivity contribution in [3.8, 4) is 5.75 Å². The van der Waals surface area contributed by atoms with Crippen molar-refractivity contribution in [2.75, 3.05) is 60.0 Å². The quantitative estimate of drug-likeness (QED) is 0.567. The number of ether oxygens (including phenoxy) is 1. The molecule has 0 bridgehead atoms. The van der Waals surface area contributed by atoms with E-state index in [0.717, 1.165) is 82.3 Å². The van der Waals surface area contributed by atoms with Gasteiger partial charge in [0, 0.05) is 52.9 Å². The molecule has 0 spiro atoms. The molecular weight excluding hydrogens is 378 g/mol. The maximum atomic E-state index is 12.7. The molecule has 2 saturated heterocycles. The van der Waals surface area contributed by atoms with E-state index in [1.54, 1.807) is 7.11 Å². The predicted molar refractivity (Wildman–Crippen MR) is 121 cm³/mol. The highest BCUT2D eigenvalue weighted by atomic mass is 16.5. The molecule has 2 aliphatic rings. The van der Waals surface area contributed by atoms with Crippen molar-refractivity contribution in [3.63, 3.8) is 0 Å². The van der Waals surface area contributed by atoms with Gasteiger partial charge in [-0.25, -0.2) is 0 Å². The van der Waals surface area contributed by atoms with Crippen LogP contribution in [0.1, 0.15) is 30.9 Å². The fraction of sp³-hybridized carbons (Fsp3) is 0.652. The minimum Gasteiger partial charge on any atom is -0.496 e. The molecule has 0 saturated carbocycles. The van der Waals surface area contributed by atoms with Gasteiger partial charge in [0.1, 0.15) is 5.75 Å². The van der Waals surface area contributed by atoms with Gasteiger partial charge in [0.05, 0.1) is 13.2 Å². The number of aryl methyl sites for hydroxylation is 1. The lowest BCUT2D eigenvalue weighted by Crippen LogP contribution is -2.57. The molecule has 1 atom stereocenters. The van der Waals surface area contributed by atoms with Crippen LogP contribution in [0.2, 0.25) is 0 Å². The summed E-state index contributed by atoms with van der Waals surface area (Å²) in [6.07, 6.45) is 3.20. The summed E-state index contributed by atoms with van der Waals surface area (Å²) in [5, 5.41) is 3.49. The average molecular weight is 416 g/mol. The zero-order valence-corrected chi connectivity index (χ0v) is 19.0. The highest BCUT2D eigenvalue weighted by Crippen LogP contribution is 2.19. The van der Waals surface area contributed by atoms with Gasteiger partial charge in [-0.3, -0.25) is 14.7 Å². The average Bonchev–Trinajstić information content (AvgIpc) is 3.32. The number of likely N-dealkylation sites (tertiary alicyclic amines) is 1. The van der Waals surface area contributed by atoms with E-state index in [4.69, 9.17) is 4.74 Å². The molecule has 0 radical (unpaired) electrons. The van der Waals surface area contributed by atoms with Crippen molar-refractivity contribution < 1.29 is 9.53 Å². The Bertz CT molecular complexity index is 737. The molecule has 7 nitrogen and oxygen atoms in total. The highest BCUT2D eigenvalue weighted by molar-refractivity contribution is 5.82. The third-order valence-electron chi connectivity index (χ3n) is 6.32. The van der Waals surface area contributed by atoms with Crippen LogP contribution in [0.25, 0.3) is 0 Å². The predicted octanol–water partition coefficient (Wildman–Crippen LogP) is 1.75. The minimum atomic E-state index is -0.0308. The number of rotatable bonds is 6. The normalized spacial score (nSPS) is 19.1. The molecule has 7 heteroatoms. The number of hydrogen-bond acceptors (Lipinski definition) is 4. The molecule has 1 N–H and O–H groups in total. The van der Waals surface area contributed by atoms with E-state index in [0.29, 0.717) is 0 Å². The van der Waals surface area contributed by atoms with Crippen LogP contribution in [0.15, 0.2) is 23.2 Å². The number of guanidine groups is 1. The molecule has 0 aliphatic carbocycles. The van der Waals surface area contributed by atoms with Gasteiger partial charge in [-0.05, 0) is 50.3 Å². The molecule has 1 unspecified atom stereocenters. The lowest BCUT2D eigenvalue weighted by atomic mass is 10.1. The van der Waals surface area contributed by atoms with E-state index < -0.39 is 0 Å². The Labute approximate surface area is 181 Å². The first-order valence-corrected chi connectivity index (χ1v) is 11.2. The van der Waals surface area contributed by atoms with Crippen molar-refractivity contribution in [3.05, 3.63) is 29.3 Å². The van der Waals surface area contributed by atoms with Gasteiger partial charge in [-0.2, -0.15) is 0 Å². The Kier molecular flexibility index (Phi) is 7.96. The fourth-order valence-corrected chi connectivity index (χ4v) is 4.35. The van der Waals surface area contributed by atoms with Crippen molar-refractivity contribution in [2.45, 2.75) is 39.2 Å². The maximum absolute atomic E-state index is 12.7. The van der Waals surface area contributed by atoms with Crippen LogP contribution < -0.4 is 10.1 Å². The van der Waals surface area contributed by atoms with E-state index in [1.165, 1.54) is 5.56 Å². The van der Waals surface area contributed by atoms with E-state index in [2.05, 4.69) is 52.2 Å². The standard InChI is InChI=1S/C23H37N5O2/c1-18-7-8-20(17-21(18)30-4)9-10-25-23(24-3)28-15-13-26(14-16-28)19(2)22(29)27-11-5-6-12-27/h7-8,17,19H,5-6,9-16H2,1-4H3,(H,24,25). The molecule has 2 heterocycles. The van der Waals surface area contributed by atoms with Crippen LogP contribution in [-0.2, 0) is 11.2 Å². The number of carbonyl (C=O) groups excluding carboxylic acids is 1. The van der Waals surface area contributed by atoms with Gasteiger partial charge >= 0.3 is 0 Å². The Morgan fingerprint density at radius 3 is 2.47 bits per heavy atom. The summed E-state index contributed by atoms with van der Waals surface area (Å²) in [5.74, 6) is 2.16. The molecule has 1 aromatic rings. The van der Waals surface area contributed by atoms with Crippen molar-refractivity contribution in [1.82, 2.24) is 20.0 Å².